The number of carbonyl (C=O) groups is 2. The summed E-state index contributed by atoms with van der Waals surface area (Å²) >= 11 is 6.14. The lowest BCUT2D eigenvalue weighted by molar-refractivity contribution is -0.138. The second-order valence-electron chi connectivity index (χ2n) is 7.99. The molecule has 0 bridgehead atoms. The highest BCUT2D eigenvalue weighted by atomic mass is 35.5. The molecule has 3 aromatic rings. The smallest absolute Gasteiger partial charge is 0.337 e. The number of allylic oxidation sites excluding steroid dienone is 1. The van der Waals surface area contributed by atoms with E-state index in [1.54, 1.807) is 56.3 Å². The first-order chi connectivity index (χ1) is 16.4. The number of carbonyl (C=O) groups excluding carboxylic acids is 2. The lowest BCUT2D eigenvalue weighted by Crippen LogP contribution is -2.30. The summed E-state index contributed by atoms with van der Waals surface area (Å²) in [5.41, 5.74) is 2.83. The summed E-state index contributed by atoms with van der Waals surface area (Å²) in [6.45, 7) is 3.69. The molecule has 1 aromatic heterocycles. The molecule has 1 atom stereocenters. The van der Waals surface area contributed by atoms with Crippen molar-refractivity contribution in [3.8, 4) is 11.3 Å². The van der Waals surface area contributed by atoms with Gasteiger partial charge in [-0.1, -0.05) is 35.9 Å². The minimum Gasteiger partial charge on any atom is -0.463 e. The van der Waals surface area contributed by atoms with E-state index in [1.165, 1.54) is 6.07 Å². The maximum Gasteiger partial charge on any atom is 0.337 e. The number of benzene rings is 2. The number of nitrogens with one attached hydrogen (secondary N) is 1. The van der Waals surface area contributed by atoms with Gasteiger partial charge < -0.3 is 19.2 Å². The summed E-state index contributed by atoms with van der Waals surface area (Å²) in [6.07, 6.45) is 0. The Bertz CT molecular complexity index is 1480. The number of fused-ring (bicyclic) bond motifs is 1. The Labute approximate surface area is 199 Å². The largest absolute Gasteiger partial charge is 0.463 e. The van der Waals surface area contributed by atoms with Gasteiger partial charge in [-0.25, -0.2) is 9.59 Å². The Morgan fingerprint density at radius 3 is 2.74 bits per heavy atom. The van der Waals surface area contributed by atoms with E-state index in [1.807, 2.05) is 0 Å². The Kier molecular flexibility index (Phi) is 5.49. The third-order valence-electron chi connectivity index (χ3n) is 5.91. The minimum absolute atomic E-state index is 0.0700. The highest BCUT2D eigenvalue weighted by Gasteiger charge is 2.43. The molecule has 2 aliphatic rings. The number of esters is 2. The number of hydrogen-bond acceptors (Lipinski definition) is 7. The van der Waals surface area contributed by atoms with E-state index in [4.69, 9.17) is 25.5 Å². The molecule has 1 unspecified atom stereocenters. The molecule has 34 heavy (non-hydrogen) atoms. The fraction of sp³-hybridized carbons (Fsp3) is 0.192. The van der Waals surface area contributed by atoms with Gasteiger partial charge in [0, 0.05) is 27.9 Å². The number of cyclic esters (lactones) is 1. The average Bonchev–Trinajstić information content (AvgIpc) is 3.18. The maximum absolute atomic E-state index is 13.1. The molecular formula is C26H20ClNO6. The molecular weight excluding hydrogens is 458 g/mol. The zero-order valence-electron chi connectivity index (χ0n) is 18.4. The summed E-state index contributed by atoms with van der Waals surface area (Å²) < 4.78 is 16.8. The molecule has 2 aromatic carbocycles. The van der Waals surface area contributed by atoms with Gasteiger partial charge in [-0.15, -0.1) is 0 Å². The van der Waals surface area contributed by atoms with E-state index < -0.39 is 17.9 Å². The van der Waals surface area contributed by atoms with E-state index in [0.29, 0.717) is 44.3 Å². The third-order valence-corrected chi connectivity index (χ3v) is 6.15. The second kappa shape index (κ2) is 8.50. The molecule has 0 radical (unpaired) electrons. The van der Waals surface area contributed by atoms with Crippen LogP contribution >= 0.6 is 11.6 Å². The van der Waals surface area contributed by atoms with Gasteiger partial charge in [0.25, 0.3) is 0 Å². The second-order valence-corrected chi connectivity index (χ2v) is 8.43. The quantitative estimate of drug-likeness (QED) is 0.555. The monoisotopic (exact) mass is 477 g/mol. The summed E-state index contributed by atoms with van der Waals surface area (Å²) in [5.74, 6) is -1.60. The van der Waals surface area contributed by atoms with Crippen LogP contribution in [0.1, 0.15) is 25.3 Å². The van der Waals surface area contributed by atoms with E-state index >= 15 is 0 Å². The van der Waals surface area contributed by atoms with Gasteiger partial charge in [0.15, 0.2) is 5.43 Å². The Hall–Kier alpha value is -3.84. The van der Waals surface area contributed by atoms with Crippen molar-refractivity contribution >= 4 is 34.5 Å². The number of dihydropyridines is 1. The Morgan fingerprint density at radius 2 is 1.97 bits per heavy atom. The van der Waals surface area contributed by atoms with E-state index in [0.717, 1.165) is 0 Å². The lowest BCUT2D eigenvalue weighted by Gasteiger charge is -2.27. The van der Waals surface area contributed by atoms with E-state index in [9.17, 15) is 14.4 Å². The number of halogens is 1. The minimum atomic E-state index is -0.827. The SMILES string of the molecule is CCOC(=O)C1=C(C)NC2=C(C(=O)OC2)C1c1cccc2c(=O)cc(-c3cccc(Cl)c3)oc12. The zero-order valence-corrected chi connectivity index (χ0v) is 19.2. The van der Waals surface area contributed by atoms with Gasteiger partial charge in [0.1, 0.15) is 18.0 Å². The molecule has 7 nitrogen and oxygen atoms in total. The van der Waals surface area contributed by atoms with Crippen LogP contribution in [0.25, 0.3) is 22.3 Å². The first-order valence-corrected chi connectivity index (χ1v) is 11.1. The molecule has 8 heteroatoms. The molecule has 0 saturated heterocycles. The van der Waals surface area contributed by atoms with Crippen LogP contribution in [0.5, 0.6) is 0 Å². The van der Waals surface area contributed by atoms with Gasteiger partial charge in [-0.3, -0.25) is 4.79 Å². The number of hydrogen-bond donors (Lipinski definition) is 1. The molecule has 5 rings (SSSR count). The first-order valence-electron chi connectivity index (χ1n) is 10.8. The van der Waals surface area contributed by atoms with Crippen LogP contribution < -0.4 is 10.7 Å². The molecule has 0 aliphatic carbocycles. The predicted molar refractivity (Wildman–Crippen MR) is 126 cm³/mol. The van der Waals surface area contributed by atoms with E-state index in [-0.39, 0.29) is 29.8 Å². The number of rotatable bonds is 4. The van der Waals surface area contributed by atoms with Crippen LogP contribution in [0.4, 0.5) is 0 Å². The van der Waals surface area contributed by atoms with Crippen molar-refractivity contribution in [1.82, 2.24) is 5.32 Å². The van der Waals surface area contributed by atoms with Crippen molar-refractivity contribution in [3.05, 3.63) is 91.9 Å². The van der Waals surface area contributed by atoms with Gasteiger partial charge >= 0.3 is 11.9 Å². The molecule has 0 spiro atoms. The third kappa shape index (κ3) is 3.58. The molecule has 0 amide bonds. The predicted octanol–water partition coefficient (Wildman–Crippen LogP) is 4.45. The van der Waals surface area contributed by atoms with Gasteiger partial charge in [-0.05, 0) is 32.0 Å². The molecule has 2 aliphatic heterocycles. The summed E-state index contributed by atoms with van der Waals surface area (Å²) in [5, 5.41) is 3.93. The molecule has 1 N–H and O–H groups in total. The molecule has 3 heterocycles. The topological polar surface area (TPSA) is 94.8 Å². The summed E-state index contributed by atoms with van der Waals surface area (Å²) in [6, 6.07) is 13.5. The maximum atomic E-state index is 13.1. The highest BCUT2D eigenvalue weighted by molar-refractivity contribution is 6.30. The van der Waals surface area contributed by atoms with Crippen LogP contribution in [0, 0.1) is 0 Å². The number of ether oxygens (including phenoxy) is 2. The van der Waals surface area contributed by atoms with Crippen molar-refractivity contribution in [1.29, 1.82) is 0 Å². The fourth-order valence-electron chi connectivity index (χ4n) is 4.47. The van der Waals surface area contributed by atoms with Gasteiger partial charge in [0.2, 0.25) is 0 Å². The Balaban J connectivity index is 1.79. The van der Waals surface area contributed by atoms with Gasteiger partial charge in [0.05, 0.1) is 34.8 Å². The normalized spacial score (nSPS) is 17.5. The molecule has 0 saturated carbocycles. The zero-order chi connectivity index (χ0) is 24.0. The van der Waals surface area contributed by atoms with Crippen molar-refractivity contribution in [2.24, 2.45) is 0 Å². The molecule has 172 valence electrons. The van der Waals surface area contributed by atoms with Crippen LogP contribution in [-0.2, 0) is 19.1 Å². The standard InChI is InChI=1S/C26H20ClNO6/c1-3-32-25(30)21-13(2)28-18-12-33-26(31)23(18)22(21)17-9-5-8-16-19(29)11-20(34-24(16)17)14-6-4-7-15(27)10-14/h4-11,22,28H,3,12H2,1-2H3. The van der Waals surface area contributed by atoms with E-state index in [2.05, 4.69) is 5.32 Å². The first kappa shape index (κ1) is 22.0. The van der Waals surface area contributed by atoms with Crippen LogP contribution in [-0.4, -0.2) is 25.2 Å². The van der Waals surface area contributed by atoms with Crippen LogP contribution in [0.15, 0.2) is 80.3 Å². The Morgan fingerprint density at radius 1 is 1.18 bits per heavy atom. The van der Waals surface area contributed by atoms with Crippen LogP contribution in [0.2, 0.25) is 5.02 Å². The average molecular weight is 478 g/mol. The van der Waals surface area contributed by atoms with Crippen molar-refractivity contribution in [2.75, 3.05) is 13.2 Å². The fourth-order valence-corrected chi connectivity index (χ4v) is 4.66. The van der Waals surface area contributed by atoms with Gasteiger partial charge in [-0.2, -0.15) is 0 Å². The van der Waals surface area contributed by atoms with Crippen molar-refractivity contribution in [2.45, 2.75) is 19.8 Å². The number of para-hydroxylation sites is 1. The van der Waals surface area contributed by atoms with Crippen LogP contribution in [0.3, 0.4) is 0 Å². The van der Waals surface area contributed by atoms with Crippen molar-refractivity contribution < 1.29 is 23.5 Å². The summed E-state index contributed by atoms with van der Waals surface area (Å²) in [4.78, 5) is 38.8. The molecule has 0 fully saturated rings. The highest BCUT2D eigenvalue weighted by Crippen LogP contribution is 2.43. The lowest BCUT2D eigenvalue weighted by atomic mass is 9.80. The van der Waals surface area contributed by atoms with Crippen molar-refractivity contribution in [3.63, 3.8) is 0 Å². The summed E-state index contributed by atoms with van der Waals surface area (Å²) in [7, 11) is 0.